The first-order valence-electron chi connectivity index (χ1n) is 15.1. The minimum absolute atomic E-state index is 0.397. The lowest BCUT2D eigenvalue weighted by Gasteiger charge is -2.33. The van der Waals surface area contributed by atoms with Crippen molar-refractivity contribution in [1.82, 2.24) is 9.80 Å². The van der Waals surface area contributed by atoms with E-state index in [1.165, 1.54) is 141 Å². The molecule has 1 aliphatic rings. The van der Waals surface area contributed by atoms with Crippen molar-refractivity contribution in [3.8, 4) is 0 Å². The van der Waals surface area contributed by atoms with Gasteiger partial charge in [0.15, 0.2) is 0 Å². The maximum absolute atomic E-state index is 2.59. The fourth-order valence-corrected chi connectivity index (χ4v) is 5.31. The molecule has 194 valence electrons. The second-order valence-corrected chi connectivity index (χ2v) is 10.6. The number of hydrogen-bond acceptors (Lipinski definition) is 2. The largest absolute Gasteiger partial charge is 0.352 e. The normalized spacial score (nSPS) is 15.5. The van der Waals surface area contributed by atoms with Crippen molar-refractivity contribution in [3.05, 3.63) is 48.3 Å². The van der Waals surface area contributed by atoms with Gasteiger partial charge in [0.2, 0.25) is 0 Å². The summed E-state index contributed by atoms with van der Waals surface area (Å²) in [5.74, 6) is 0. The average Bonchev–Trinajstić information content (AvgIpc) is 3.27. The van der Waals surface area contributed by atoms with Crippen LogP contribution in [0.3, 0.4) is 0 Å². The molecule has 0 N–H and O–H groups in total. The SMILES string of the molecule is CCCCCCCCCCCCN1C=CN(CCCCCCCCCCC)C1c1ccccc1. The van der Waals surface area contributed by atoms with Gasteiger partial charge >= 0.3 is 0 Å². The van der Waals surface area contributed by atoms with Gasteiger partial charge in [0.05, 0.1) is 0 Å². The highest BCUT2D eigenvalue weighted by Gasteiger charge is 2.26. The highest BCUT2D eigenvalue weighted by Crippen LogP contribution is 2.31. The van der Waals surface area contributed by atoms with Gasteiger partial charge in [-0.25, -0.2) is 0 Å². The van der Waals surface area contributed by atoms with E-state index in [0.29, 0.717) is 6.17 Å². The van der Waals surface area contributed by atoms with Crippen LogP contribution in [0, 0.1) is 0 Å². The zero-order valence-electron chi connectivity index (χ0n) is 22.9. The average molecular weight is 469 g/mol. The smallest absolute Gasteiger partial charge is 0.127 e. The maximum atomic E-state index is 2.59. The van der Waals surface area contributed by atoms with E-state index in [0.717, 1.165) is 0 Å². The molecule has 0 fully saturated rings. The minimum Gasteiger partial charge on any atom is -0.352 e. The number of hydrogen-bond donors (Lipinski definition) is 0. The molecule has 0 amide bonds. The minimum atomic E-state index is 0.397. The van der Waals surface area contributed by atoms with E-state index in [2.05, 4.69) is 66.4 Å². The predicted octanol–water partition coefficient (Wildman–Crippen LogP) is 10.2. The Labute approximate surface area is 213 Å². The lowest BCUT2D eigenvalue weighted by atomic mass is 10.1. The van der Waals surface area contributed by atoms with Crippen LogP contribution in [-0.4, -0.2) is 22.9 Å². The highest BCUT2D eigenvalue weighted by molar-refractivity contribution is 5.21. The molecular formula is C32H56N2. The summed E-state index contributed by atoms with van der Waals surface area (Å²) >= 11 is 0. The number of rotatable bonds is 22. The summed E-state index contributed by atoms with van der Waals surface area (Å²) in [6, 6.07) is 11.2. The third kappa shape index (κ3) is 12.3. The second kappa shape index (κ2) is 19.8. The third-order valence-electron chi connectivity index (χ3n) is 7.47. The summed E-state index contributed by atoms with van der Waals surface area (Å²) in [4.78, 5) is 5.18. The summed E-state index contributed by atoms with van der Waals surface area (Å²) in [5.41, 5.74) is 1.44. The molecule has 1 atom stereocenters. The van der Waals surface area contributed by atoms with Gasteiger partial charge in [-0.05, 0) is 18.4 Å². The number of nitrogens with zero attached hydrogens (tertiary/aromatic N) is 2. The lowest BCUT2D eigenvalue weighted by Crippen LogP contribution is -2.32. The molecule has 0 saturated heterocycles. The second-order valence-electron chi connectivity index (χ2n) is 10.6. The summed E-state index contributed by atoms with van der Waals surface area (Å²) in [5, 5.41) is 0. The molecule has 0 spiro atoms. The maximum Gasteiger partial charge on any atom is 0.127 e. The van der Waals surface area contributed by atoms with Gasteiger partial charge in [0.1, 0.15) is 6.17 Å². The topological polar surface area (TPSA) is 6.48 Å². The van der Waals surface area contributed by atoms with Gasteiger partial charge in [0.25, 0.3) is 0 Å². The first kappa shape index (κ1) is 28.8. The third-order valence-corrected chi connectivity index (χ3v) is 7.47. The fraction of sp³-hybridized carbons (Fsp3) is 0.750. The molecule has 0 aromatic heterocycles. The summed E-state index contributed by atoms with van der Waals surface area (Å²) in [7, 11) is 0. The zero-order chi connectivity index (χ0) is 24.1. The monoisotopic (exact) mass is 468 g/mol. The molecule has 2 heteroatoms. The molecule has 1 heterocycles. The van der Waals surface area contributed by atoms with Crippen molar-refractivity contribution in [2.75, 3.05) is 13.1 Å². The molecule has 0 aliphatic carbocycles. The van der Waals surface area contributed by atoms with Gasteiger partial charge in [-0.1, -0.05) is 153 Å². The van der Waals surface area contributed by atoms with Gasteiger partial charge < -0.3 is 9.80 Å². The molecular weight excluding hydrogens is 412 g/mol. The molecule has 2 rings (SSSR count). The first-order valence-corrected chi connectivity index (χ1v) is 15.1. The van der Waals surface area contributed by atoms with E-state index in [1.54, 1.807) is 0 Å². The molecule has 1 aliphatic heterocycles. The van der Waals surface area contributed by atoms with Crippen LogP contribution in [0.15, 0.2) is 42.7 Å². The van der Waals surface area contributed by atoms with Crippen LogP contribution < -0.4 is 0 Å². The molecule has 0 saturated carbocycles. The Balaban J connectivity index is 1.64. The predicted molar refractivity (Wildman–Crippen MR) is 151 cm³/mol. The van der Waals surface area contributed by atoms with Crippen molar-refractivity contribution in [2.45, 2.75) is 142 Å². The van der Waals surface area contributed by atoms with E-state index < -0.39 is 0 Å². The van der Waals surface area contributed by atoms with Crippen molar-refractivity contribution in [3.63, 3.8) is 0 Å². The van der Waals surface area contributed by atoms with Crippen LogP contribution in [0.2, 0.25) is 0 Å². The Morgan fingerprint density at radius 2 is 0.824 bits per heavy atom. The number of unbranched alkanes of at least 4 members (excludes halogenated alkanes) is 17. The standard InChI is InChI=1S/C32H56N2/c1-3-5-7-9-11-13-15-17-19-24-28-34-30-29-33(32(34)31-25-21-20-22-26-31)27-23-18-16-14-12-10-8-6-4-2/h20-22,25-26,29-30,32H,3-19,23-24,27-28H2,1-2H3. The highest BCUT2D eigenvalue weighted by atomic mass is 15.4. The number of benzene rings is 1. The Bertz CT molecular complexity index is 596. The van der Waals surface area contributed by atoms with Crippen LogP contribution in [0.25, 0.3) is 0 Å². The Morgan fingerprint density at radius 1 is 0.471 bits per heavy atom. The van der Waals surface area contributed by atoms with E-state index >= 15 is 0 Å². The van der Waals surface area contributed by atoms with Crippen molar-refractivity contribution < 1.29 is 0 Å². The molecule has 0 radical (unpaired) electrons. The lowest BCUT2D eigenvalue weighted by molar-refractivity contribution is 0.149. The molecule has 1 aromatic carbocycles. The van der Waals surface area contributed by atoms with Crippen LogP contribution in [-0.2, 0) is 0 Å². The molecule has 2 nitrogen and oxygen atoms in total. The van der Waals surface area contributed by atoms with Crippen LogP contribution in [0.4, 0.5) is 0 Å². The first-order chi connectivity index (χ1) is 16.9. The van der Waals surface area contributed by atoms with E-state index in [9.17, 15) is 0 Å². The van der Waals surface area contributed by atoms with Crippen LogP contribution in [0.5, 0.6) is 0 Å². The summed E-state index contributed by atoms with van der Waals surface area (Å²) in [6.45, 7) is 6.96. The quantitative estimate of drug-likeness (QED) is 0.156. The molecule has 34 heavy (non-hydrogen) atoms. The fourth-order valence-electron chi connectivity index (χ4n) is 5.31. The van der Waals surface area contributed by atoms with Gasteiger partial charge in [-0.15, -0.1) is 0 Å². The van der Waals surface area contributed by atoms with E-state index in [4.69, 9.17) is 0 Å². The zero-order valence-corrected chi connectivity index (χ0v) is 22.9. The van der Waals surface area contributed by atoms with Gasteiger partial charge in [-0.2, -0.15) is 0 Å². The Morgan fingerprint density at radius 3 is 1.21 bits per heavy atom. The van der Waals surface area contributed by atoms with Crippen LogP contribution in [0.1, 0.15) is 148 Å². The Hall–Kier alpha value is -1.44. The van der Waals surface area contributed by atoms with Crippen molar-refractivity contribution in [1.29, 1.82) is 0 Å². The van der Waals surface area contributed by atoms with E-state index in [-0.39, 0.29) is 0 Å². The molecule has 1 unspecified atom stereocenters. The van der Waals surface area contributed by atoms with Crippen molar-refractivity contribution >= 4 is 0 Å². The Kier molecular flexibility index (Phi) is 16.8. The van der Waals surface area contributed by atoms with Crippen LogP contribution >= 0.6 is 0 Å². The van der Waals surface area contributed by atoms with Gasteiger partial charge in [0, 0.05) is 25.5 Å². The summed E-state index contributed by atoms with van der Waals surface area (Å²) in [6.07, 6.45) is 31.8. The van der Waals surface area contributed by atoms with E-state index in [1.807, 2.05) is 0 Å². The van der Waals surface area contributed by atoms with Gasteiger partial charge in [-0.3, -0.25) is 0 Å². The summed E-state index contributed by atoms with van der Waals surface area (Å²) < 4.78 is 0. The molecule has 0 bridgehead atoms. The van der Waals surface area contributed by atoms with Crippen molar-refractivity contribution in [2.24, 2.45) is 0 Å². The molecule has 1 aromatic rings.